The Kier molecular flexibility index (Phi) is 11.0. The summed E-state index contributed by atoms with van der Waals surface area (Å²) in [5.74, 6) is -0.0199. The average molecular weight is 515 g/mol. The number of hydrogen-bond donors (Lipinski definition) is 2. The van der Waals surface area contributed by atoms with Crippen molar-refractivity contribution < 1.29 is 18.7 Å². The van der Waals surface area contributed by atoms with Crippen LogP contribution in [0, 0.1) is 5.82 Å². The summed E-state index contributed by atoms with van der Waals surface area (Å²) in [5.41, 5.74) is 6.66. The number of ether oxygens (including phenoxy) is 2. The normalized spacial score (nSPS) is 20.8. The summed E-state index contributed by atoms with van der Waals surface area (Å²) in [6.07, 6.45) is 0.793. The van der Waals surface area contributed by atoms with E-state index in [0.29, 0.717) is 31.3 Å². The van der Waals surface area contributed by atoms with Gasteiger partial charge in [0.25, 0.3) is 5.91 Å². The zero-order valence-electron chi connectivity index (χ0n) is 19.2. The lowest BCUT2D eigenvalue weighted by Gasteiger charge is -2.38. The summed E-state index contributed by atoms with van der Waals surface area (Å²) in [6.45, 7) is 5.41. The van der Waals surface area contributed by atoms with Gasteiger partial charge in [0.15, 0.2) is 0 Å². The molecule has 2 aliphatic heterocycles. The Morgan fingerprint density at radius 2 is 1.76 bits per heavy atom. The first kappa shape index (κ1) is 28.3. The maximum atomic E-state index is 14.5. The topological polar surface area (TPSA) is 80.1 Å². The van der Waals surface area contributed by atoms with Gasteiger partial charge in [-0.15, -0.1) is 24.8 Å². The summed E-state index contributed by atoms with van der Waals surface area (Å²) >= 11 is 0. The number of carbonyl (C=O) groups is 1. The second-order valence-corrected chi connectivity index (χ2v) is 8.45. The summed E-state index contributed by atoms with van der Waals surface area (Å²) in [4.78, 5) is 17.6. The molecule has 4 rings (SSSR count). The minimum atomic E-state index is -0.580. The van der Waals surface area contributed by atoms with Gasteiger partial charge in [0.2, 0.25) is 0 Å². The van der Waals surface area contributed by atoms with Crippen LogP contribution in [0.15, 0.2) is 42.5 Å². The van der Waals surface area contributed by atoms with Crippen LogP contribution in [0.25, 0.3) is 0 Å². The lowest BCUT2D eigenvalue weighted by molar-refractivity contribution is 0.0826. The maximum Gasteiger partial charge on any atom is 0.254 e. The Balaban J connectivity index is 0.00000204. The van der Waals surface area contributed by atoms with Gasteiger partial charge in [-0.2, -0.15) is 0 Å². The Morgan fingerprint density at radius 3 is 2.44 bits per heavy atom. The van der Waals surface area contributed by atoms with Gasteiger partial charge in [0.05, 0.1) is 30.9 Å². The number of nitrogens with zero attached hydrogens (tertiary/aromatic N) is 2. The van der Waals surface area contributed by atoms with Crippen LogP contribution in [0.2, 0.25) is 0 Å². The second kappa shape index (κ2) is 13.2. The molecule has 2 atom stereocenters. The van der Waals surface area contributed by atoms with Gasteiger partial charge in [-0.25, -0.2) is 4.39 Å². The van der Waals surface area contributed by atoms with E-state index in [-0.39, 0.29) is 42.5 Å². The van der Waals surface area contributed by atoms with E-state index in [1.165, 1.54) is 18.2 Å². The number of amides is 1. The van der Waals surface area contributed by atoms with Crippen molar-refractivity contribution in [2.45, 2.75) is 18.5 Å². The zero-order chi connectivity index (χ0) is 22.5. The fourth-order valence-electron chi connectivity index (χ4n) is 4.21. The minimum absolute atomic E-state index is 0. The van der Waals surface area contributed by atoms with E-state index >= 15 is 0 Å². The predicted octanol–water partition coefficient (Wildman–Crippen LogP) is 2.71. The van der Waals surface area contributed by atoms with Crippen LogP contribution in [0.4, 0.5) is 4.39 Å². The minimum Gasteiger partial charge on any atom is -0.457 e. The molecule has 0 bridgehead atoms. The van der Waals surface area contributed by atoms with Crippen molar-refractivity contribution in [3.05, 3.63) is 59.4 Å². The summed E-state index contributed by atoms with van der Waals surface area (Å²) < 4.78 is 26.0. The molecule has 0 unspecified atom stereocenters. The van der Waals surface area contributed by atoms with Gasteiger partial charge in [-0.05, 0) is 55.9 Å². The second-order valence-electron chi connectivity index (χ2n) is 8.45. The highest BCUT2D eigenvalue weighted by molar-refractivity contribution is 5.95. The number of halogens is 3. The van der Waals surface area contributed by atoms with Crippen molar-refractivity contribution >= 4 is 30.7 Å². The summed E-state index contributed by atoms with van der Waals surface area (Å²) in [7, 11) is 2.11. The molecular formula is C24H33Cl2FN4O3. The van der Waals surface area contributed by atoms with E-state index in [1.807, 2.05) is 24.3 Å². The van der Waals surface area contributed by atoms with E-state index < -0.39 is 11.7 Å². The van der Waals surface area contributed by atoms with Crippen molar-refractivity contribution in [3.63, 3.8) is 0 Å². The highest BCUT2D eigenvalue weighted by atomic mass is 35.5. The fourth-order valence-corrected chi connectivity index (χ4v) is 4.21. The first-order chi connectivity index (χ1) is 15.5. The highest BCUT2D eigenvalue weighted by Gasteiger charge is 2.35. The molecular weight excluding hydrogens is 482 g/mol. The van der Waals surface area contributed by atoms with Crippen molar-refractivity contribution in [1.29, 1.82) is 0 Å². The monoisotopic (exact) mass is 514 g/mol. The van der Waals surface area contributed by atoms with E-state index in [4.69, 9.17) is 15.2 Å². The molecule has 188 valence electrons. The predicted molar refractivity (Wildman–Crippen MR) is 135 cm³/mol. The molecule has 7 nitrogen and oxygen atoms in total. The molecule has 0 aliphatic carbocycles. The first-order valence-corrected chi connectivity index (χ1v) is 11.1. The lowest BCUT2D eigenvalue weighted by atomic mass is 10.1. The third-order valence-electron chi connectivity index (χ3n) is 6.15. The van der Waals surface area contributed by atoms with Gasteiger partial charge in [0.1, 0.15) is 17.3 Å². The number of nitrogens with two attached hydrogens (primary N) is 1. The van der Waals surface area contributed by atoms with E-state index in [2.05, 4.69) is 22.2 Å². The van der Waals surface area contributed by atoms with Crippen LogP contribution >= 0.6 is 24.8 Å². The molecule has 2 aromatic rings. The number of likely N-dealkylation sites (N-methyl/N-ethyl adjacent to an activating group) is 1. The molecule has 2 heterocycles. The number of nitrogens with one attached hydrogen (secondary N) is 1. The summed E-state index contributed by atoms with van der Waals surface area (Å²) in [6, 6.07) is 11.7. The van der Waals surface area contributed by atoms with Crippen molar-refractivity contribution in [1.82, 2.24) is 15.1 Å². The molecule has 2 saturated heterocycles. The maximum absolute atomic E-state index is 14.5. The average Bonchev–Trinajstić information content (AvgIpc) is 3.25. The van der Waals surface area contributed by atoms with E-state index in [9.17, 15) is 9.18 Å². The third kappa shape index (κ3) is 7.04. The van der Waals surface area contributed by atoms with Crippen LogP contribution in [-0.2, 0) is 11.2 Å². The first-order valence-electron chi connectivity index (χ1n) is 11.1. The number of piperazine rings is 1. The quantitative estimate of drug-likeness (QED) is 0.591. The van der Waals surface area contributed by atoms with Crippen LogP contribution in [-0.4, -0.2) is 80.8 Å². The Hall–Kier alpha value is -1.94. The van der Waals surface area contributed by atoms with Gasteiger partial charge in [0, 0.05) is 26.2 Å². The van der Waals surface area contributed by atoms with Gasteiger partial charge < -0.3 is 25.4 Å². The Labute approximate surface area is 212 Å². The van der Waals surface area contributed by atoms with Crippen molar-refractivity contribution in [3.8, 4) is 11.5 Å². The number of benzene rings is 2. The smallest absolute Gasteiger partial charge is 0.254 e. The van der Waals surface area contributed by atoms with Gasteiger partial charge in [-0.1, -0.05) is 12.1 Å². The third-order valence-corrected chi connectivity index (χ3v) is 6.15. The van der Waals surface area contributed by atoms with Gasteiger partial charge in [-0.3, -0.25) is 9.69 Å². The van der Waals surface area contributed by atoms with Crippen LogP contribution in [0.3, 0.4) is 0 Å². The number of hydrogen-bond acceptors (Lipinski definition) is 6. The van der Waals surface area contributed by atoms with E-state index in [1.54, 1.807) is 0 Å². The van der Waals surface area contributed by atoms with Crippen molar-refractivity contribution in [2.24, 2.45) is 5.73 Å². The van der Waals surface area contributed by atoms with Crippen LogP contribution in [0.5, 0.6) is 11.5 Å². The molecule has 2 fully saturated rings. The van der Waals surface area contributed by atoms with Crippen LogP contribution < -0.4 is 15.8 Å². The molecule has 0 saturated carbocycles. The molecule has 2 aromatic carbocycles. The lowest BCUT2D eigenvalue weighted by Crippen LogP contribution is -2.56. The number of rotatable bonds is 7. The SMILES string of the molecule is CN1CCN([C@H]2COC[C@@H]2NC(=O)c2cc(Oc3ccc(CCN)cc3)ccc2F)CC1.Cl.Cl. The largest absolute Gasteiger partial charge is 0.457 e. The molecule has 3 N–H and O–H groups in total. The van der Waals surface area contributed by atoms with Crippen LogP contribution in [0.1, 0.15) is 15.9 Å². The molecule has 10 heteroatoms. The van der Waals surface area contributed by atoms with Crippen molar-refractivity contribution in [2.75, 3.05) is 53.0 Å². The molecule has 2 aliphatic rings. The molecule has 34 heavy (non-hydrogen) atoms. The van der Waals surface area contributed by atoms with Gasteiger partial charge >= 0.3 is 0 Å². The summed E-state index contributed by atoms with van der Waals surface area (Å²) in [5, 5.41) is 2.98. The number of carbonyl (C=O) groups excluding carboxylic acids is 1. The standard InChI is InChI=1S/C24H31FN4O3.2ClH/c1-28-10-12-29(13-11-28)23-16-31-15-22(23)27-24(30)20-14-19(6-7-21(20)25)32-18-4-2-17(3-5-18)8-9-26;;/h2-7,14,22-23H,8-13,15-16,26H2,1H3,(H,27,30);2*1H/t22-,23-;;/m0../s1. The van der Waals surface area contributed by atoms with E-state index in [0.717, 1.165) is 38.2 Å². The Morgan fingerprint density at radius 1 is 1.09 bits per heavy atom. The molecule has 0 radical (unpaired) electrons. The molecule has 1 amide bonds. The molecule has 0 aromatic heterocycles. The fraction of sp³-hybridized carbons (Fsp3) is 0.458. The molecule has 0 spiro atoms. The zero-order valence-corrected chi connectivity index (χ0v) is 20.9. The Bertz CT molecular complexity index is 927. The highest BCUT2D eigenvalue weighted by Crippen LogP contribution is 2.25.